The molecule has 138 valence electrons. The third-order valence-corrected chi connectivity index (χ3v) is 4.67. The lowest BCUT2D eigenvalue weighted by atomic mass is 10.2. The smallest absolute Gasteiger partial charge is 0.234 e. The van der Waals surface area contributed by atoms with Crippen molar-refractivity contribution in [1.82, 2.24) is 15.2 Å². The summed E-state index contributed by atoms with van der Waals surface area (Å²) in [6.45, 7) is 0. The number of nitrogens with zero attached hydrogens (tertiary/aromatic N) is 3. The Balaban J connectivity index is 0.00000261. The number of benzene rings is 2. The van der Waals surface area contributed by atoms with Gasteiger partial charge in [0, 0.05) is 4.47 Å². The van der Waals surface area contributed by atoms with Gasteiger partial charge in [-0.05, 0) is 30.3 Å². The Morgan fingerprint density at radius 3 is 2.89 bits per heavy atom. The van der Waals surface area contributed by atoms with Gasteiger partial charge in [-0.3, -0.25) is 9.89 Å². The molecule has 1 aromatic heterocycles. The fourth-order valence-electron chi connectivity index (χ4n) is 2.14. The summed E-state index contributed by atoms with van der Waals surface area (Å²) in [5.74, 6) is 0.296. The highest BCUT2D eigenvalue weighted by Crippen LogP contribution is 2.30. The first-order chi connectivity index (χ1) is 12.6. The first-order valence-electron chi connectivity index (χ1n) is 7.40. The van der Waals surface area contributed by atoms with Crippen LogP contribution in [0.2, 0.25) is 0 Å². The molecule has 27 heavy (non-hydrogen) atoms. The molecule has 0 aliphatic rings. The van der Waals surface area contributed by atoms with Crippen molar-refractivity contribution in [3.63, 3.8) is 0 Å². The van der Waals surface area contributed by atoms with Crippen LogP contribution < -0.4 is 5.32 Å². The molecule has 0 fully saturated rings. The Kier molecular flexibility index (Phi) is 7.24. The molecule has 0 saturated carbocycles. The lowest BCUT2D eigenvalue weighted by molar-refractivity contribution is -0.113. The van der Waals surface area contributed by atoms with Gasteiger partial charge in [-0.25, -0.2) is 4.98 Å². The number of hydrogen-bond acceptors (Lipinski definition) is 6. The van der Waals surface area contributed by atoms with Gasteiger partial charge >= 0.3 is 0 Å². The van der Waals surface area contributed by atoms with Crippen LogP contribution in [-0.4, -0.2) is 31.9 Å². The van der Waals surface area contributed by atoms with E-state index in [0.717, 1.165) is 16.2 Å². The summed E-state index contributed by atoms with van der Waals surface area (Å²) in [5, 5.41) is 28.8. The molecule has 0 spiro atoms. The second kappa shape index (κ2) is 9.41. The molecule has 0 saturated heterocycles. The van der Waals surface area contributed by atoms with Crippen molar-refractivity contribution in [2.45, 2.75) is 5.16 Å². The second-order valence-electron chi connectivity index (χ2n) is 5.12. The highest BCUT2D eigenvalue weighted by molar-refractivity contribution is 9.10. The Labute approximate surface area is 173 Å². The predicted molar refractivity (Wildman–Crippen MR) is 109 cm³/mol. The number of carbonyl (C=O) groups excluding carboxylic acids is 1. The Morgan fingerprint density at radius 1 is 1.33 bits per heavy atom. The molecule has 0 radical (unpaired) electrons. The number of H-pyrrole nitrogens is 1. The second-order valence-corrected chi connectivity index (χ2v) is 6.98. The average Bonchev–Trinajstić information content (AvgIpc) is 3.11. The summed E-state index contributed by atoms with van der Waals surface area (Å²) in [6.07, 6.45) is 0. The minimum absolute atomic E-state index is 0. The van der Waals surface area contributed by atoms with Gasteiger partial charge in [-0.1, -0.05) is 39.8 Å². The molecule has 0 atom stereocenters. The van der Waals surface area contributed by atoms with Crippen molar-refractivity contribution in [2.24, 2.45) is 0 Å². The molecule has 10 heteroatoms. The van der Waals surface area contributed by atoms with Crippen molar-refractivity contribution in [2.75, 3.05) is 11.1 Å². The summed E-state index contributed by atoms with van der Waals surface area (Å²) in [4.78, 5) is 16.4. The van der Waals surface area contributed by atoms with E-state index >= 15 is 0 Å². The largest absolute Gasteiger partial charge is 0.507 e. The number of rotatable bonds is 5. The first-order valence-corrected chi connectivity index (χ1v) is 9.18. The summed E-state index contributed by atoms with van der Waals surface area (Å²) in [6, 6.07) is 13.8. The zero-order valence-electron chi connectivity index (χ0n) is 13.6. The number of nitriles is 1. The fraction of sp³-hybridized carbons (Fsp3) is 0.0588. The van der Waals surface area contributed by atoms with Crippen molar-refractivity contribution < 1.29 is 9.90 Å². The molecule has 3 rings (SSSR count). The lowest BCUT2D eigenvalue weighted by Crippen LogP contribution is -2.15. The Morgan fingerprint density at radius 2 is 2.11 bits per heavy atom. The predicted octanol–water partition coefficient (Wildman–Crippen LogP) is 3.96. The van der Waals surface area contributed by atoms with Crippen molar-refractivity contribution in [3.05, 3.63) is 52.5 Å². The van der Waals surface area contributed by atoms with Crippen molar-refractivity contribution in [1.29, 1.82) is 5.26 Å². The van der Waals surface area contributed by atoms with E-state index in [-0.39, 0.29) is 29.8 Å². The summed E-state index contributed by atoms with van der Waals surface area (Å²) >= 11 is 4.48. The number of amides is 1. The highest BCUT2D eigenvalue weighted by Gasteiger charge is 2.13. The highest BCUT2D eigenvalue weighted by atomic mass is 79.9. The monoisotopic (exact) mass is 465 g/mol. The average molecular weight is 467 g/mol. The number of aromatic hydroxyl groups is 1. The van der Waals surface area contributed by atoms with Crippen molar-refractivity contribution >= 4 is 51.7 Å². The van der Waals surface area contributed by atoms with E-state index in [1.807, 2.05) is 6.07 Å². The van der Waals surface area contributed by atoms with Gasteiger partial charge in [0.25, 0.3) is 0 Å². The number of nitrogens with one attached hydrogen (secondary N) is 2. The quantitative estimate of drug-likeness (QED) is 0.490. The number of hydrogen-bond donors (Lipinski definition) is 3. The number of para-hydroxylation sites is 1. The molecule has 3 N–H and O–H groups in total. The number of anilines is 1. The number of aromatic amines is 1. The molecule has 0 aliphatic heterocycles. The van der Waals surface area contributed by atoms with E-state index in [4.69, 9.17) is 5.26 Å². The van der Waals surface area contributed by atoms with Crippen LogP contribution in [-0.2, 0) is 4.79 Å². The van der Waals surface area contributed by atoms with Crippen LogP contribution >= 0.6 is 40.1 Å². The van der Waals surface area contributed by atoms with Gasteiger partial charge in [-0.15, -0.1) is 17.5 Å². The number of thioether (sulfide) groups is 1. The van der Waals surface area contributed by atoms with E-state index in [0.29, 0.717) is 27.8 Å². The third-order valence-electron chi connectivity index (χ3n) is 3.33. The van der Waals surface area contributed by atoms with E-state index in [1.165, 1.54) is 0 Å². The molecule has 1 heterocycles. The van der Waals surface area contributed by atoms with Gasteiger partial charge in [-0.2, -0.15) is 5.26 Å². The third kappa shape index (κ3) is 5.23. The summed E-state index contributed by atoms with van der Waals surface area (Å²) in [5.41, 5.74) is 1.37. The Hall–Kier alpha value is -2.54. The van der Waals surface area contributed by atoms with E-state index < -0.39 is 0 Å². The minimum atomic E-state index is -0.269. The number of aromatic nitrogens is 3. The topological polar surface area (TPSA) is 115 Å². The van der Waals surface area contributed by atoms with E-state index in [9.17, 15) is 9.90 Å². The molecular weight excluding hydrogens is 454 g/mol. The lowest BCUT2D eigenvalue weighted by Gasteiger charge is -2.05. The number of phenolic OH excluding ortho intramolecular Hbond substituents is 1. The number of halogens is 2. The molecule has 3 aromatic rings. The molecule has 1 amide bonds. The Bertz CT molecular complexity index is 1000. The zero-order valence-corrected chi connectivity index (χ0v) is 16.9. The van der Waals surface area contributed by atoms with Crippen LogP contribution in [0.25, 0.3) is 11.4 Å². The van der Waals surface area contributed by atoms with E-state index in [1.54, 1.807) is 42.5 Å². The summed E-state index contributed by atoms with van der Waals surface area (Å²) in [7, 11) is 0. The molecule has 0 bridgehead atoms. The number of carbonyl (C=O) groups is 1. The maximum absolute atomic E-state index is 12.1. The molecule has 0 unspecified atom stereocenters. The molecule has 7 nitrogen and oxygen atoms in total. The summed E-state index contributed by atoms with van der Waals surface area (Å²) < 4.78 is 0.798. The maximum atomic E-state index is 12.1. The normalized spacial score (nSPS) is 9.93. The van der Waals surface area contributed by atoms with Crippen LogP contribution in [0.3, 0.4) is 0 Å². The van der Waals surface area contributed by atoms with Gasteiger partial charge in [0.1, 0.15) is 11.8 Å². The van der Waals surface area contributed by atoms with Crippen LogP contribution in [0.5, 0.6) is 5.75 Å². The van der Waals surface area contributed by atoms with Crippen LogP contribution in [0.4, 0.5) is 5.69 Å². The maximum Gasteiger partial charge on any atom is 0.234 e. The van der Waals surface area contributed by atoms with Gasteiger partial charge < -0.3 is 10.4 Å². The van der Waals surface area contributed by atoms with Crippen molar-refractivity contribution in [3.8, 4) is 23.2 Å². The molecular formula is C17H13BrClN5O2S. The van der Waals surface area contributed by atoms with Crippen LogP contribution in [0, 0.1) is 11.3 Å². The van der Waals surface area contributed by atoms with Gasteiger partial charge in [0.15, 0.2) is 5.82 Å². The van der Waals surface area contributed by atoms with Crippen LogP contribution in [0.15, 0.2) is 52.1 Å². The van der Waals surface area contributed by atoms with E-state index in [2.05, 4.69) is 36.4 Å². The standard InChI is InChI=1S/C17H12BrN5O2S.ClH/c18-11-5-6-14(24)12(7-11)16-21-17(23-22-16)26-9-15(25)20-13-4-2-1-3-10(13)8-19;/h1-7,24H,9H2,(H,20,25)(H,21,22,23);1H. The fourth-order valence-corrected chi connectivity index (χ4v) is 3.09. The van der Waals surface area contributed by atoms with Crippen LogP contribution in [0.1, 0.15) is 5.56 Å². The zero-order chi connectivity index (χ0) is 18.5. The number of phenols is 1. The SMILES string of the molecule is Cl.N#Cc1ccccc1NC(=O)CSc1n[nH]c(-c2cc(Br)ccc2O)n1. The molecule has 2 aromatic carbocycles. The molecule has 0 aliphatic carbocycles. The minimum Gasteiger partial charge on any atom is -0.507 e. The van der Waals surface area contributed by atoms with Gasteiger partial charge in [0.05, 0.1) is 22.6 Å². The first kappa shape index (κ1) is 20.8. The van der Waals surface area contributed by atoms with Gasteiger partial charge in [0.2, 0.25) is 11.1 Å².